The summed E-state index contributed by atoms with van der Waals surface area (Å²) in [4.78, 5) is 4.37. The molecule has 1 heterocycles. The molecule has 0 radical (unpaired) electrons. The number of nitrogens with zero attached hydrogens (tertiary/aromatic N) is 1. The predicted octanol–water partition coefficient (Wildman–Crippen LogP) is 4.38. The van der Waals surface area contributed by atoms with Gasteiger partial charge in [-0.3, -0.25) is 0 Å². The third kappa shape index (κ3) is 2.87. The highest BCUT2D eigenvalue weighted by Gasteiger charge is 2.06. The van der Waals surface area contributed by atoms with Crippen molar-refractivity contribution in [1.29, 1.82) is 0 Å². The van der Waals surface area contributed by atoms with E-state index in [-0.39, 0.29) is 0 Å². The molecule has 0 unspecified atom stereocenters. The first kappa shape index (κ1) is 13.2. The third-order valence-corrected chi connectivity index (χ3v) is 3.36. The molecule has 2 aromatic carbocycles. The van der Waals surface area contributed by atoms with E-state index >= 15 is 0 Å². The van der Waals surface area contributed by atoms with Gasteiger partial charge in [-0.15, -0.1) is 0 Å². The molecule has 3 heteroatoms. The van der Waals surface area contributed by atoms with Gasteiger partial charge < -0.3 is 11.1 Å². The Morgan fingerprint density at radius 1 is 0.952 bits per heavy atom. The van der Waals surface area contributed by atoms with E-state index in [9.17, 15) is 0 Å². The maximum Gasteiger partial charge on any atom is 0.133 e. The van der Waals surface area contributed by atoms with E-state index in [2.05, 4.69) is 34.6 Å². The predicted molar refractivity (Wildman–Crippen MR) is 88.5 cm³/mol. The Morgan fingerprint density at radius 3 is 2.43 bits per heavy atom. The Morgan fingerprint density at radius 2 is 1.67 bits per heavy atom. The van der Waals surface area contributed by atoms with Crippen molar-refractivity contribution in [2.75, 3.05) is 11.1 Å². The first-order chi connectivity index (χ1) is 10.2. The second-order valence-corrected chi connectivity index (χ2v) is 4.97. The third-order valence-electron chi connectivity index (χ3n) is 3.36. The molecule has 3 nitrogen and oxygen atoms in total. The summed E-state index contributed by atoms with van der Waals surface area (Å²) in [5, 5.41) is 3.40. The van der Waals surface area contributed by atoms with Gasteiger partial charge in [-0.05, 0) is 30.2 Å². The highest BCUT2D eigenvalue weighted by Crippen LogP contribution is 2.30. The van der Waals surface area contributed by atoms with Crippen LogP contribution < -0.4 is 11.1 Å². The SMILES string of the molecule is Cc1cc(N)cnc1Nc1ccccc1-c1ccccc1. The van der Waals surface area contributed by atoms with E-state index in [1.165, 1.54) is 5.56 Å². The number of pyridine rings is 1. The fraction of sp³-hybridized carbons (Fsp3) is 0.0556. The molecule has 0 atom stereocenters. The van der Waals surface area contributed by atoms with Gasteiger partial charge in [0.1, 0.15) is 5.82 Å². The van der Waals surface area contributed by atoms with Crippen LogP contribution in [-0.4, -0.2) is 4.98 Å². The summed E-state index contributed by atoms with van der Waals surface area (Å²) in [5.41, 5.74) is 10.8. The molecule has 0 aliphatic heterocycles. The molecule has 0 amide bonds. The number of hydrogen-bond donors (Lipinski definition) is 2. The number of aromatic nitrogens is 1. The summed E-state index contributed by atoms with van der Waals surface area (Å²) < 4.78 is 0. The van der Waals surface area contributed by atoms with Crippen LogP contribution in [0.2, 0.25) is 0 Å². The topological polar surface area (TPSA) is 50.9 Å². The van der Waals surface area contributed by atoms with Crippen LogP contribution in [0.4, 0.5) is 17.2 Å². The van der Waals surface area contributed by atoms with Gasteiger partial charge >= 0.3 is 0 Å². The molecular weight excluding hydrogens is 258 g/mol. The van der Waals surface area contributed by atoms with Crippen LogP contribution in [0.1, 0.15) is 5.56 Å². The molecule has 1 aromatic heterocycles. The largest absolute Gasteiger partial charge is 0.397 e. The summed E-state index contributed by atoms with van der Waals surface area (Å²) in [5.74, 6) is 0.826. The minimum atomic E-state index is 0.675. The lowest BCUT2D eigenvalue weighted by molar-refractivity contribution is 1.26. The highest BCUT2D eigenvalue weighted by molar-refractivity contribution is 5.80. The molecule has 0 saturated heterocycles. The number of nitrogens with one attached hydrogen (secondary N) is 1. The van der Waals surface area contributed by atoms with Gasteiger partial charge in [0.25, 0.3) is 0 Å². The standard InChI is InChI=1S/C18H17N3/c1-13-11-15(19)12-20-18(13)21-17-10-6-5-9-16(17)14-7-3-2-4-8-14/h2-12H,19H2,1H3,(H,20,21). The van der Waals surface area contributed by atoms with E-state index < -0.39 is 0 Å². The van der Waals surface area contributed by atoms with Crippen LogP contribution in [0.25, 0.3) is 11.1 Å². The Hall–Kier alpha value is -2.81. The van der Waals surface area contributed by atoms with Crippen molar-refractivity contribution in [3.63, 3.8) is 0 Å². The molecule has 0 spiro atoms. The number of aryl methyl sites for hydroxylation is 1. The van der Waals surface area contributed by atoms with Gasteiger partial charge in [0, 0.05) is 11.3 Å². The molecule has 0 bridgehead atoms. The number of para-hydroxylation sites is 1. The van der Waals surface area contributed by atoms with E-state index in [0.717, 1.165) is 22.6 Å². The first-order valence-corrected chi connectivity index (χ1v) is 6.87. The van der Waals surface area contributed by atoms with E-state index in [0.29, 0.717) is 5.69 Å². The molecule has 0 aliphatic carbocycles. The van der Waals surface area contributed by atoms with Gasteiger partial charge in [0.15, 0.2) is 0 Å². The summed E-state index contributed by atoms with van der Waals surface area (Å²) in [6.45, 7) is 2.00. The van der Waals surface area contributed by atoms with Gasteiger partial charge in [-0.2, -0.15) is 0 Å². The number of hydrogen-bond acceptors (Lipinski definition) is 3. The van der Waals surface area contributed by atoms with Gasteiger partial charge in [-0.25, -0.2) is 4.98 Å². The van der Waals surface area contributed by atoms with Crippen LogP contribution >= 0.6 is 0 Å². The molecule has 3 rings (SSSR count). The van der Waals surface area contributed by atoms with Crippen LogP contribution in [0, 0.1) is 6.92 Å². The normalized spacial score (nSPS) is 10.3. The van der Waals surface area contributed by atoms with Crippen LogP contribution in [0.15, 0.2) is 66.9 Å². The minimum Gasteiger partial charge on any atom is -0.397 e. The second kappa shape index (κ2) is 5.67. The maximum absolute atomic E-state index is 5.75. The number of nitrogen functional groups attached to an aromatic ring is 1. The molecular formula is C18H17N3. The number of nitrogens with two attached hydrogens (primary N) is 1. The molecule has 0 aliphatic rings. The summed E-state index contributed by atoms with van der Waals surface area (Å²) in [6, 6.07) is 20.4. The Bertz CT molecular complexity index is 751. The van der Waals surface area contributed by atoms with E-state index in [1.54, 1.807) is 6.20 Å². The van der Waals surface area contributed by atoms with Crippen molar-refractivity contribution in [3.8, 4) is 11.1 Å². The molecule has 3 aromatic rings. The zero-order valence-electron chi connectivity index (χ0n) is 11.9. The maximum atomic E-state index is 5.75. The Kier molecular flexibility index (Phi) is 3.56. The average Bonchev–Trinajstić information content (AvgIpc) is 2.51. The van der Waals surface area contributed by atoms with E-state index in [4.69, 9.17) is 5.73 Å². The lowest BCUT2D eigenvalue weighted by Gasteiger charge is -2.13. The fourth-order valence-electron chi connectivity index (χ4n) is 2.32. The Balaban J connectivity index is 2.00. The van der Waals surface area contributed by atoms with Crippen molar-refractivity contribution in [1.82, 2.24) is 4.98 Å². The first-order valence-electron chi connectivity index (χ1n) is 6.87. The number of anilines is 3. The van der Waals surface area contributed by atoms with Crippen LogP contribution in [0.3, 0.4) is 0 Å². The van der Waals surface area contributed by atoms with Crippen molar-refractivity contribution >= 4 is 17.2 Å². The number of rotatable bonds is 3. The zero-order valence-corrected chi connectivity index (χ0v) is 11.9. The minimum absolute atomic E-state index is 0.675. The highest BCUT2D eigenvalue weighted by atomic mass is 15.0. The lowest BCUT2D eigenvalue weighted by atomic mass is 10.0. The molecule has 104 valence electrons. The van der Waals surface area contributed by atoms with Gasteiger partial charge in [0.05, 0.1) is 11.9 Å². The summed E-state index contributed by atoms with van der Waals surface area (Å²) >= 11 is 0. The molecule has 21 heavy (non-hydrogen) atoms. The van der Waals surface area contributed by atoms with Crippen molar-refractivity contribution in [2.45, 2.75) is 6.92 Å². The summed E-state index contributed by atoms with van der Waals surface area (Å²) in [6.07, 6.45) is 1.67. The quantitative estimate of drug-likeness (QED) is 0.745. The molecule has 0 fully saturated rings. The zero-order chi connectivity index (χ0) is 14.7. The Labute approximate surface area is 124 Å². The average molecular weight is 275 g/mol. The molecule has 0 saturated carbocycles. The van der Waals surface area contributed by atoms with Crippen LogP contribution in [0.5, 0.6) is 0 Å². The lowest BCUT2D eigenvalue weighted by Crippen LogP contribution is -1.99. The van der Waals surface area contributed by atoms with Crippen LogP contribution in [-0.2, 0) is 0 Å². The smallest absolute Gasteiger partial charge is 0.133 e. The fourth-order valence-corrected chi connectivity index (χ4v) is 2.32. The summed E-state index contributed by atoms with van der Waals surface area (Å²) in [7, 11) is 0. The monoisotopic (exact) mass is 275 g/mol. The molecule has 3 N–H and O–H groups in total. The van der Waals surface area contributed by atoms with E-state index in [1.807, 2.05) is 43.3 Å². The second-order valence-electron chi connectivity index (χ2n) is 4.97. The van der Waals surface area contributed by atoms with Crippen molar-refractivity contribution < 1.29 is 0 Å². The van der Waals surface area contributed by atoms with Crippen molar-refractivity contribution in [2.24, 2.45) is 0 Å². The van der Waals surface area contributed by atoms with Gasteiger partial charge in [-0.1, -0.05) is 48.5 Å². The van der Waals surface area contributed by atoms with Gasteiger partial charge in [0.2, 0.25) is 0 Å². The number of benzene rings is 2. The van der Waals surface area contributed by atoms with Crippen molar-refractivity contribution in [3.05, 3.63) is 72.4 Å².